The van der Waals surface area contributed by atoms with Crippen LogP contribution >= 0.6 is 0 Å². The molecule has 1 aliphatic rings. The minimum Gasteiger partial charge on any atom is -0.310 e. The molecule has 3 heteroatoms. The van der Waals surface area contributed by atoms with Gasteiger partial charge in [0.05, 0.1) is 5.69 Å². The van der Waals surface area contributed by atoms with E-state index in [2.05, 4.69) is 48.7 Å². The van der Waals surface area contributed by atoms with Crippen molar-refractivity contribution >= 4 is 0 Å². The Morgan fingerprint density at radius 3 is 2.84 bits per heavy atom. The smallest absolute Gasteiger partial charge is 0.0970 e. The van der Waals surface area contributed by atoms with Crippen LogP contribution in [0.5, 0.6) is 0 Å². The third-order valence-corrected chi connectivity index (χ3v) is 3.71. The maximum absolute atomic E-state index is 4.66. The van der Waals surface area contributed by atoms with E-state index in [4.69, 9.17) is 0 Å². The molecule has 0 bridgehead atoms. The number of benzene rings is 1. The van der Waals surface area contributed by atoms with Gasteiger partial charge in [-0.15, -0.1) is 0 Å². The Hall–Kier alpha value is -1.61. The Labute approximate surface area is 114 Å². The molecule has 100 valence electrons. The third kappa shape index (κ3) is 2.71. The molecular weight excluding hydrogens is 234 g/mol. The van der Waals surface area contributed by atoms with Crippen LogP contribution in [0.15, 0.2) is 24.4 Å². The molecule has 19 heavy (non-hydrogen) atoms. The van der Waals surface area contributed by atoms with E-state index >= 15 is 0 Å². The molecule has 1 heterocycles. The van der Waals surface area contributed by atoms with Crippen LogP contribution in [0.4, 0.5) is 0 Å². The predicted octanol–water partition coefficient (Wildman–Crippen LogP) is 2.96. The molecule has 1 saturated carbocycles. The van der Waals surface area contributed by atoms with E-state index in [-0.39, 0.29) is 0 Å². The van der Waals surface area contributed by atoms with Gasteiger partial charge in [0.1, 0.15) is 0 Å². The van der Waals surface area contributed by atoms with Gasteiger partial charge in [0.15, 0.2) is 0 Å². The van der Waals surface area contributed by atoms with Crippen LogP contribution in [0.2, 0.25) is 0 Å². The van der Waals surface area contributed by atoms with Gasteiger partial charge < -0.3 is 5.32 Å². The number of aromatic nitrogens is 2. The van der Waals surface area contributed by atoms with Crippen LogP contribution in [0.25, 0.3) is 11.3 Å². The van der Waals surface area contributed by atoms with E-state index in [1.807, 2.05) is 11.7 Å². The highest BCUT2D eigenvalue weighted by atomic mass is 15.3. The van der Waals surface area contributed by atoms with Crippen LogP contribution in [0.3, 0.4) is 0 Å². The molecule has 0 unspecified atom stereocenters. The SMILES string of the molecule is Cc1ccc(C)c(-c2nn(C)cc2CNC2CC2)c1. The zero-order chi connectivity index (χ0) is 13.4. The lowest BCUT2D eigenvalue weighted by molar-refractivity contribution is 0.687. The van der Waals surface area contributed by atoms with Gasteiger partial charge in [0.2, 0.25) is 0 Å². The fraction of sp³-hybridized carbons (Fsp3) is 0.438. The highest BCUT2D eigenvalue weighted by Gasteiger charge is 2.21. The number of hydrogen-bond acceptors (Lipinski definition) is 2. The quantitative estimate of drug-likeness (QED) is 0.910. The Bertz CT molecular complexity index is 594. The summed E-state index contributed by atoms with van der Waals surface area (Å²) in [7, 11) is 2.00. The Kier molecular flexibility index (Phi) is 3.15. The molecule has 0 aliphatic heterocycles. The lowest BCUT2D eigenvalue weighted by Crippen LogP contribution is -2.15. The Morgan fingerprint density at radius 2 is 2.11 bits per heavy atom. The Balaban J connectivity index is 1.95. The van der Waals surface area contributed by atoms with Gasteiger partial charge in [-0.05, 0) is 38.3 Å². The number of nitrogens with one attached hydrogen (secondary N) is 1. The molecule has 1 aromatic heterocycles. The fourth-order valence-corrected chi connectivity index (χ4v) is 2.43. The van der Waals surface area contributed by atoms with Crippen molar-refractivity contribution in [2.24, 2.45) is 7.05 Å². The predicted molar refractivity (Wildman–Crippen MR) is 78.0 cm³/mol. The summed E-state index contributed by atoms with van der Waals surface area (Å²) in [5, 5.41) is 8.23. The first-order valence-electron chi connectivity index (χ1n) is 6.97. The molecule has 0 spiro atoms. The zero-order valence-electron chi connectivity index (χ0n) is 11.9. The van der Waals surface area contributed by atoms with Gasteiger partial charge in [-0.3, -0.25) is 4.68 Å². The van der Waals surface area contributed by atoms with Crippen molar-refractivity contribution in [2.75, 3.05) is 0 Å². The van der Waals surface area contributed by atoms with E-state index in [1.165, 1.54) is 35.1 Å². The molecule has 0 atom stereocenters. The molecule has 2 aromatic rings. The number of rotatable bonds is 4. The van der Waals surface area contributed by atoms with Gasteiger partial charge in [0, 0.05) is 37.0 Å². The summed E-state index contributed by atoms with van der Waals surface area (Å²) in [5.74, 6) is 0. The summed E-state index contributed by atoms with van der Waals surface area (Å²) in [6.45, 7) is 5.21. The second-order valence-corrected chi connectivity index (χ2v) is 5.65. The standard InChI is InChI=1S/C16H21N3/c1-11-4-5-12(2)15(8-11)16-13(10-19(3)18-16)9-17-14-6-7-14/h4-5,8,10,14,17H,6-7,9H2,1-3H3. The van der Waals surface area contributed by atoms with E-state index in [0.29, 0.717) is 0 Å². The summed E-state index contributed by atoms with van der Waals surface area (Å²) in [6.07, 6.45) is 4.77. The minimum absolute atomic E-state index is 0.728. The highest BCUT2D eigenvalue weighted by molar-refractivity contribution is 5.67. The maximum Gasteiger partial charge on any atom is 0.0970 e. The molecule has 0 radical (unpaired) electrons. The summed E-state index contributed by atoms with van der Waals surface area (Å²) in [5.41, 5.74) is 6.25. The van der Waals surface area contributed by atoms with Crippen molar-refractivity contribution in [3.63, 3.8) is 0 Å². The summed E-state index contributed by atoms with van der Waals surface area (Å²) >= 11 is 0. The fourth-order valence-electron chi connectivity index (χ4n) is 2.43. The van der Waals surface area contributed by atoms with Crippen molar-refractivity contribution in [2.45, 2.75) is 39.3 Å². The van der Waals surface area contributed by atoms with Crippen molar-refractivity contribution < 1.29 is 0 Å². The molecule has 1 N–H and O–H groups in total. The van der Waals surface area contributed by atoms with E-state index < -0.39 is 0 Å². The van der Waals surface area contributed by atoms with Crippen molar-refractivity contribution in [1.82, 2.24) is 15.1 Å². The summed E-state index contributed by atoms with van der Waals surface area (Å²) in [4.78, 5) is 0. The van der Waals surface area contributed by atoms with Crippen molar-refractivity contribution in [1.29, 1.82) is 0 Å². The Morgan fingerprint density at radius 1 is 1.32 bits per heavy atom. The van der Waals surface area contributed by atoms with Gasteiger partial charge in [-0.2, -0.15) is 5.10 Å². The zero-order valence-corrected chi connectivity index (χ0v) is 11.9. The van der Waals surface area contributed by atoms with E-state index in [0.717, 1.165) is 18.3 Å². The third-order valence-electron chi connectivity index (χ3n) is 3.71. The van der Waals surface area contributed by atoms with Gasteiger partial charge >= 0.3 is 0 Å². The van der Waals surface area contributed by atoms with Crippen LogP contribution in [-0.2, 0) is 13.6 Å². The van der Waals surface area contributed by atoms with Crippen LogP contribution < -0.4 is 5.32 Å². The van der Waals surface area contributed by atoms with Crippen LogP contribution in [-0.4, -0.2) is 15.8 Å². The number of nitrogens with zero attached hydrogens (tertiary/aromatic N) is 2. The largest absolute Gasteiger partial charge is 0.310 e. The monoisotopic (exact) mass is 255 g/mol. The first-order chi connectivity index (χ1) is 9.13. The average Bonchev–Trinajstić information content (AvgIpc) is 3.13. The van der Waals surface area contributed by atoms with Crippen LogP contribution in [0.1, 0.15) is 29.5 Å². The average molecular weight is 255 g/mol. The minimum atomic E-state index is 0.728. The van der Waals surface area contributed by atoms with E-state index in [9.17, 15) is 0 Å². The topological polar surface area (TPSA) is 29.9 Å². The first kappa shape index (κ1) is 12.4. The molecule has 1 fully saturated rings. The summed E-state index contributed by atoms with van der Waals surface area (Å²) < 4.78 is 1.92. The number of aryl methyl sites for hydroxylation is 3. The molecule has 3 rings (SSSR count). The van der Waals surface area contributed by atoms with Gasteiger partial charge in [-0.1, -0.05) is 17.7 Å². The molecule has 0 saturated heterocycles. The lowest BCUT2D eigenvalue weighted by atomic mass is 10.0. The van der Waals surface area contributed by atoms with Gasteiger partial charge in [0.25, 0.3) is 0 Å². The van der Waals surface area contributed by atoms with Crippen LogP contribution in [0, 0.1) is 13.8 Å². The first-order valence-corrected chi connectivity index (χ1v) is 6.97. The molecule has 1 aromatic carbocycles. The lowest BCUT2D eigenvalue weighted by Gasteiger charge is -2.07. The second-order valence-electron chi connectivity index (χ2n) is 5.65. The van der Waals surface area contributed by atoms with Crippen molar-refractivity contribution in [3.05, 3.63) is 41.1 Å². The maximum atomic E-state index is 4.66. The normalized spacial score (nSPS) is 14.9. The molecule has 3 nitrogen and oxygen atoms in total. The second kappa shape index (κ2) is 4.82. The highest BCUT2D eigenvalue weighted by Crippen LogP contribution is 2.27. The van der Waals surface area contributed by atoms with Gasteiger partial charge in [-0.25, -0.2) is 0 Å². The van der Waals surface area contributed by atoms with Crippen molar-refractivity contribution in [3.8, 4) is 11.3 Å². The molecule has 0 amide bonds. The summed E-state index contributed by atoms with van der Waals surface area (Å²) in [6, 6.07) is 7.30. The number of hydrogen-bond donors (Lipinski definition) is 1. The molecule has 1 aliphatic carbocycles. The van der Waals surface area contributed by atoms with E-state index in [1.54, 1.807) is 0 Å². The molecular formula is C16H21N3.